The summed E-state index contributed by atoms with van der Waals surface area (Å²) in [5.74, 6) is -1.29. The SMILES string of the molecule is NC(CC(=O)O)C(=O)N1CCC(N2CCOCC2)C1. The molecular formula is C12H21N3O4. The van der Waals surface area contributed by atoms with Gasteiger partial charge in [-0.1, -0.05) is 0 Å². The van der Waals surface area contributed by atoms with E-state index in [4.69, 9.17) is 15.6 Å². The molecule has 0 bridgehead atoms. The number of carboxylic acids is 1. The first-order chi connectivity index (χ1) is 9.08. The molecule has 2 atom stereocenters. The van der Waals surface area contributed by atoms with Gasteiger partial charge >= 0.3 is 5.97 Å². The van der Waals surface area contributed by atoms with Crippen molar-refractivity contribution in [2.75, 3.05) is 39.4 Å². The highest BCUT2D eigenvalue weighted by Crippen LogP contribution is 2.17. The second-order valence-corrected chi connectivity index (χ2v) is 5.08. The Bertz CT molecular complexity index is 344. The first kappa shape index (κ1) is 14.2. The number of hydrogen-bond acceptors (Lipinski definition) is 5. The molecule has 0 aromatic carbocycles. The molecule has 7 nitrogen and oxygen atoms in total. The fraction of sp³-hybridized carbons (Fsp3) is 0.833. The largest absolute Gasteiger partial charge is 0.481 e. The molecule has 2 saturated heterocycles. The number of ether oxygens (including phenoxy) is 1. The molecule has 2 aliphatic heterocycles. The van der Waals surface area contributed by atoms with Crippen LogP contribution >= 0.6 is 0 Å². The maximum Gasteiger partial charge on any atom is 0.305 e. The van der Waals surface area contributed by atoms with Crippen LogP contribution in [-0.2, 0) is 14.3 Å². The summed E-state index contributed by atoms with van der Waals surface area (Å²) in [7, 11) is 0. The van der Waals surface area contributed by atoms with E-state index in [0.717, 1.165) is 32.7 Å². The fourth-order valence-electron chi connectivity index (χ4n) is 2.69. The van der Waals surface area contributed by atoms with Crippen molar-refractivity contribution in [1.82, 2.24) is 9.80 Å². The number of carbonyl (C=O) groups excluding carboxylic acids is 1. The lowest BCUT2D eigenvalue weighted by Gasteiger charge is -2.32. The van der Waals surface area contributed by atoms with Gasteiger partial charge in [0.15, 0.2) is 0 Å². The van der Waals surface area contributed by atoms with E-state index >= 15 is 0 Å². The Morgan fingerprint density at radius 3 is 2.63 bits per heavy atom. The van der Waals surface area contributed by atoms with E-state index in [1.165, 1.54) is 0 Å². The number of amides is 1. The highest BCUT2D eigenvalue weighted by atomic mass is 16.5. The number of hydrogen-bond donors (Lipinski definition) is 2. The predicted octanol–water partition coefficient (Wildman–Crippen LogP) is -1.28. The van der Waals surface area contributed by atoms with Crippen molar-refractivity contribution in [3.8, 4) is 0 Å². The molecule has 0 aromatic rings. The zero-order valence-corrected chi connectivity index (χ0v) is 11.0. The van der Waals surface area contributed by atoms with E-state index in [1.807, 2.05) is 0 Å². The molecule has 0 spiro atoms. The van der Waals surface area contributed by atoms with Gasteiger partial charge < -0.3 is 20.5 Å². The van der Waals surface area contributed by atoms with Gasteiger partial charge in [-0.15, -0.1) is 0 Å². The molecule has 0 saturated carbocycles. The minimum atomic E-state index is -1.04. The van der Waals surface area contributed by atoms with Crippen molar-refractivity contribution in [2.24, 2.45) is 5.73 Å². The molecule has 2 aliphatic rings. The number of aliphatic carboxylic acids is 1. The minimum Gasteiger partial charge on any atom is -0.481 e. The van der Waals surface area contributed by atoms with Gasteiger partial charge in [-0.05, 0) is 6.42 Å². The van der Waals surface area contributed by atoms with Crippen molar-refractivity contribution in [3.63, 3.8) is 0 Å². The van der Waals surface area contributed by atoms with Crippen molar-refractivity contribution in [1.29, 1.82) is 0 Å². The summed E-state index contributed by atoms with van der Waals surface area (Å²) in [5.41, 5.74) is 5.62. The van der Waals surface area contributed by atoms with Gasteiger partial charge in [0.05, 0.1) is 25.7 Å². The molecule has 0 aliphatic carbocycles. The Morgan fingerprint density at radius 1 is 1.32 bits per heavy atom. The van der Waals surface area contributed by atoms with Crippen LogP contribution in [0.1, 0.15) is 12.8 Å². The molecule has 2 unspecified atom stereocenters. The first-order valence-electron chi connectivity index (χ1n) is 6.66. The summed E-state index contributed by atoms with van der Waals surface area (Å²) < 4.78 is 5.31. The molecule has 7 heteroatoms. The van der Waals surface area contributed by atoms with Gasteiger partial charge in [0.2, 0.25) is 5.91 Å². The lowest BCUT2D eigenvalue weighted by Crippen LogP contribution is -2.47. The Hall–Kier alpha value is -1.18. The summed E-state index contributed by atoms with van der Waals surface area (Å²) in [4.78, 5) is 26.6. The number of likely N-dealkylation sites (tertiary alicyclic amines) is 1. The Morgan fingerprint density at radius 2 is 2.00 bits per heavy atom. The van der Waals surface area contributed by atoms with Gasteiger partial charge in [-0.2, -0.15) is 0 Å². The highest BCUT2D eigenvalue weighted by molar-refractivity contribution is 5.86. The third-order valence-electron chi connectivity index (χ3n) is 3.75. The number of rotatable bonds is 4. The molecule has 2 heterocycles. The summed E-state index contributed by atoms with van der Waals surface area (Å²) >= 11 is 0. The van der Waals surface area contributed by atoms with E-state index in [2.05, 4.69) is 4.90 Å². The van der Waals surface area contributed by atoms with Crippen molar-refractivity contribution in [2.45, 2.75) is 24.9 Å². The van der Waals surface area contributed by atoms with Gasteiger partial charge in [-0.3, -0.25) is 14.5 Å². The molecule has 0 aromatic heterocycles. The second kappa shape index (κ2) is 6.31. The van der Waals surface area contributed by atoms with Crippen LogP contribution in [0.2, 0.25) is 0 Å². The molecule has 1 amide bonds. The van der Waals surface area contributed by atoms with Crippen LogP contribution in [0.5, 0.6) is 0 Å². The normalized spacial score (nSPS) is 26.4. The second-order valence-electron chi connectivity index (χ2n) is 5.08. The van der Waals surface area contributed by atoms with Crippen LogP contribution in [0.3, 0.4) is 0 Å². The zero-order chi connectivity index (χ0) is 13.8. The number of nitrogens with two attached hydrogens (primary N) is 1. The van der Waals surface area contributed by atoms with E-state index in [1.54, 1.807) is 4.90 Å². The van der Waals surface area contributed by atoms with E-state index in [9.17, 15) is 9.59 Å². The number of nitrogens with zero attached hydrogens (tertiary/aromatic N) is 2. The molecular weight excluding hydrogens is 250 g/mol. The quantitative estimate of drug-likeness (QED) is 0.661. The molecule has 19 heavy (non-hydrogen) atoms. The Balaban J connectivity index is 1.83. The van der Waals surface area contributed by atoms with Gasteiger partial charge in [0.25, 0.3) is 0 Å². The molecule has 2 rings (SSSR count). The highest BCUT2D eigenvalue weighted by Gasteiger charge is 2.33. The summed E-state index contributed by atoms with van der Waals surface area (Å²) in [6, 6.07) is -0.578. The lowest BCUT2D eigenvalue weighted by atomic mass is 10.2. The maximum atomic E-state index is 12.0. The monoisotopic (exact) mass is 271 g/mol. The van der Waals surface area contributed by atoms with Crippen LogP contribution < -0.4 is 5.73 Å². The Kier molecular flexibility index (Phi) is 4.73. The van der Waals surface area contributed by atoms with Crippen molar-refractivity contribution >= 4 is 11.9 Å². The maximum absolute atomic E-state index is 12.0. The van der Waals surface area contributed by atoms with E-state index in [0.29, 0.717) is 19.1 Å². The van der Waals surface area contributed by atoms with E-state index in [-0.39, 0.29) is 12.3 Å². The first-order valence-corrected chi connectivity index (χ1v) is 6.66. The van der Waals surface area contributed by atoms with Crippen molar-refractivity contribution < 1.29 is 19.4 Å². The third-order valence-corrected chi connectivity index (χ3v) is 3.75. The van der Waals surface area contributed by atoms with Crippen LogP contribution in [-0.4, -0.2) is 78.3 Å². The van der Waals surface area contributed by atoms with Crippen molar-refractivity contribution in [3.05, 3.63) is 0 Å². The third kappa shape index (κ3) is 3.65. The topological polar surface area (TPSA) is 96.1 Å². The molecule has 2 fully saturated rings. The van der Waals surface area contributed by atoms with Gasteiger partial charge in [0, 0.05) is 32.2 Å². The number of morpholine rings is 1. The predicted molar refractivity (Wildman–Crippen MR) is 67.6 cm³/mol. The standard InChI is InChI=1S/C12H21N3O4/c13-10(7-11(16)17)12(18)15-2-1-9(8-15)14-3-5-19-6-4-14/h9-10H,1-8,13H2,(H,16,17). The van der Waals surface area contributed by atoms with Gasteiger partial charge in [-0.25, -0.2) is 0 Å². The van der Waals surface area contributed by atoms with Gasteiger partial charge in [0.1, 0.15) is 0 Å². The Labute approximate surface area is 112 Å². The van der Waals surface area contributed by atoms with Crippen LogP contribution in [0.25, 0.3) is 0 Å². The van der Waals surface area contributed by atoms with Crippen LogP contribution in [0, 0.1) is 0 Å². The smallest absolute Gasteiger partial charge is 0.305 e. The molecule has 108 valence electrons. The average Bonchev–Trinajstić information content (AvgIpc) is 2.87. The average molecular weight is 271 g/mol. The van der Waals surface area contributed by atoms with E-state index < -0.39 is 12.0 Å². The molecule has 3 N–H and O–H groups in total. The fourth-order valence-corrected chi connectivity index (χ4v) is 2.69. The summed E-state index contributed by atoms with van der Waals surface area (Å²) in [5, 5.41) is 8.66. The molecule has 0 radical (unpaired) electrons. The summed E-state index contributed by atoms with van der Waals surface area (Å²) in [6.07, 6.45) is 0.614. The lowest BCUT2D eigenvalue weighted by molar-refractivity contribution is -0.141. The number of carboxylic acid groups (broad SMARTS) is 1. The van der Waals surface area contributed by atoms with Crippen LogP contribution in [0.15, 0.2) is 0 Å². The zero-order valence-electron chi connectivity index (χ0n) is 11.0. The summed E-state index contributed by atoms with van der Waals surface area (Å²) in [6.45, 7) is 4.58. The minimum absolute atomic E-state index is 0.252. The number of carbonyl (C=O) groups is 2. The van der Waals surface area contributed by atoms with Crippen LogP contribution in [0.4, 0.5) is 0 Å².